The first-order chi connectivity index (χ1) is 7.90. The smallest absolute Gasteiger partial charge is 0.277 e. The Morgan fingerprint density at radius 2 is 1.94 bits per heavy atom. The lowest BCUT2D eigenvalue weighted by Gasteiger charge is -2.35. The average molecular weight is 238 g/mol. The van der Waals surface area contributed by atoms with Gasteiger partial charge in [-0.1, -0.05) is 19.9 Å². The van der Waals surface area contributed by atoms with Gasteiger partial charge in [0.25, 0.3) is 0 Å². The van der Waals surface area contributed by atoms with E-state index in [0.29, 0.717) is 6.42 Å². The van der Waals surface area contributed by atoms with Crippen LogP contribution in [0.4, 0.5) is 4.79 Å². The number of nitrogens with one attached hydrogen (secondary N) is 1. The fourth-order valence-electron chi connectivity index (χ4n) is 1.96. The van der Waals surface area contributed by atoms with E-state index in [9.17, 15) is 14.4 Å². The molecule has 2 atom stereocenters. The molecule has 1 fully saturated rings. The van der Waals surface area contributed by atoms with E-state index in [1.807, 2.05) is 0 Å². The van der Waals surface area contributed by atoms with E-state index < -0.39 is 23.8 Å². The molecule has 0 saturated carbocycles. The first kappa shape index (κ1) is 13.4. The lowest BCUT2D eigenvalue weighted by atomic mass is 9.91. The maximum Gasteiger partial charge on any atom is 0.331 e. The molecule has 1 heterocycles. The van der Waals surface area contributed by atoms with Gasteiger partial charge in [0.15, 0.2) is 0 Å². The highest BCUT2D eigenvalue weighted by Gasteiger charge is 2.43. The molecule has 1 saturated heterocycles. The predicted molar refractivity (Wildman–Crippen MR) is 63.0 cm³/mol. The fraction of sp³-hybridized carbons (Fsp3) is 0.583. The number of imide groups is 2. The number of hydrogen-bond acceptors (Lipinski definition) is 3. The molecular formula is C12H18N2O3. The number of hydrogen-bond donors (Lipinski definition) is 1. The van der Waals surface area contributed by atoms with Crippen molar-refractivity contribution in [1.82, 2.24) is 10.2 Å². The minimum Gasteiger partial charge on any atom is -0.277 e. The van der Waals surface area contributed by atoms with Crippen molar-refractivity contribution in [2.75, 3.05) is 0 Å². The summed E-state index contributed by atoms with van der Waals surface area (Å²) in [6, 6.07) is -0.916. The molecule has 0 radical (unpaired) electrons. The quantitative estimate of drug-likeness (QED) is 0.593. The van der Waals surface area contributed by atoms with Crippen molar-refractivity contribution in [2.24, 2.45) is 11.8 Å². The van der Waals surface area contributed by atoms with Crippen LogP contribution in [0.5, 0.6) is 0 Å². The van der Waals surface area contributed by atoms with Crippen LogP contribution in [-0.4, -0.2) is 28.8 Å². The zero-order valence-electron chi connectivity index (χ0n) is 10.4. The molecule has 5 heteroatoms. The van der Waals surface area contributed by atoms with Gasteiger partial charge in [-0.25, -0.2) is 4.79 Å². The number of barbiturate groups is 1. The molecule has 0 aromatic rings. The fourth-order valence-corrected chi connectivity index (χ4v) is 1.96. The molecule has 94 valence electrons. The largest absolute Gasteiger partial charge is 0.331 e. The standard InChI is InChI=1S/C12H18N2O3/c1-5-6-8(4)14-11(16)9(7(2)3)10(15)13-12(14)17/h5,7-9H,1,6H2,2-4H3,(H,13,15,17). The molecule has 0 aromatic heterocycles. The van der Waals surface area contributed by atoms with Crippen LogP contribution < -0.4 is 5.32 Å². The molecule has 0 aromatic carbocycles. The first-order valence-electron chi connectivity index (χ1n) is 5.69. The second-order valence-corrected chi connectivity index (χ2v) is 4.60. The summed E-state index contributed by atoms with van der Waals surface area (Å²) in [5, 5.41) is 2.22. The number of rotatable bonds is 4. The van der Waals surface area contributed by atoms with Gasteiger partial charge < -0.3 is 0 Å². The number of carbonyl (C=O) groups excluding carboxylic acids is 3. The highest BCUT2D eigenvalue weighted by Crippen LogP contribution is 2.21. The maximum absolute atomic E-state index is 12.1. The van der Waals surface area contributed by atoms with Crippen LogP contribution in [0.15, 0.2) is 12.7 Å². The van der Waals surface area contributed by atoms with Crippen LogP contribution in [0.2, 0.25) is 0 Å². The Hall–Kier alpha value is -1.65. The summed E-state index contributed by atoms with van der Waals surface area (Å²) in [7, 11) is 0. The van der Waals surface area contributed by atoms with E-state index in [2.05, 4.69) is 11.9 Å². The van der Waals surface area contributed by atoms with Gasteiger partial charge in [0, 0.05) is 6.04 Å². The third kappa shape index (κ3) is 2.54. The van der Waals surface area contributed by atoms with Gasteiger partial charge in [0.1, 0.15) is 5.92 Å². The molecule has 5 nitrogen and oxygen atoms in total. The van der Waals surface area contributed by atoms with E-state index in [1.54, 1.807) is 26.8 Å². The van der Waals surface area contributed by atoms with Crippen LogP contribution >= 0.6 is 0 Å². The van der Waals surface area contributed by atoms with Crippen molar-refractivity contribution in [3.8, 4) is 0 Å². The molecule has 4 amide bonds. The molecule has 1 rings (SSSR count). The van der Waals surface area contributed by atoms with E-state index in [4.69, 9.17) is 0 Å². The minimum absolute atomic E-state index is 0.131. The van der Waals surface area contributed by atoms with Crippen molar-refractivity contribution in [3.63, 3.8) is 0 Å². The summed E-state index contributed by atoms with van der Waals surface area (Å²) in [4.78, 5) is 36.5. The number of nitrogens with zero attached hydrogens (tertiary/aromatic N) is 1. The van der Waals surface area contributed by atoms with Crippen LogP contribution in [0.25, 0.3) is 0 Å². The Balaban J connectivity index is 2.97. The average Bonchev–Trinajstić information content (AvgIpc) is 2.15. The summed E-state index contributed by atoms with van der Waals surface area (Å²) < 4.78 is 0. The summed E-state index contributed by atoms with van der Waals surface area (Å²) in [6.07, 6.45) is 2.16. The molecule has 1 aliphatic heterocycles. The molecule has 1 aliphatic rings. The Kier molecular flexibility index (Phi) is 4.04. The molecule has 0 spiro atoms. The monoisotopic (exact) mass is 238 g/mol. The zero-order chi connectivity index (χ0) is 13.2. The van der Waals surface area contributed by atoms with Crippen molar-refractivity contribution in [2.45, 2.75) is 33.2 Å². The maximum atomic E-state index is 12.1. The zero-order valence-corrected chi connectivity index (χ0v) is 10.4. The van der Waals surface area contributed by atoms with Crippen molar-refractivity contribution >= 4 is 17.8 Å². The molecular weight excluding hydrogens is 220 g/mol. The van der Waals surface area contributed by atoms with Crippen LogP contribution in [0, 0.1) is 11.8 Å². The normalized spacial score (nSPS) is 22.7. The third-order valence-electron chi connectivity index (χ3n) is 2.85. The molecule has 0 bridgehead atoms. The summed E-state index contributed by atoms with van der Waals surface area (Å²) in [6.45, 7) is 8.91. The number of amides is 4. The summed E-state index contributed by atoms with van der Waals surface area (Å²) in [5.41, 5.74) is 0. The van der Waals surface area contributed by atoms with Gasteiger partial charge >= 0.3 is 6.03 Å². The lowest BCUT2D eigenvalue weighted by molar-refractivity contribution is -0.145. The Bertz CT molecular complexity index is 363. The number of urea groups is 1. The van der Waals surface area contributed by atoms with Crippen molar-refractivity contribution in [3.05, 3.63) is 12.7 Å². The van der Waals surface area contributed by atoms with Gasteiger partial charge in [-0.15, -0.1) is 6.58 Å². The first-order valence-corrected chi connectivity index (χ1v) is 5.69. The molecule has 2 unspecified atom stereocenters. The Morgan fingerprint density at radius 3 is 2.41 bits per heavy atom. The third-order valence-corrected chi connectivity index (χ3v) is 2.85. The highest BCUT2D eigenvalue weighted by atomic mass is 16.2. The molecule has 1 N–H and O–H groups in total. The SMILES string of the molecule is C=CCC(C)N1C(=O)NC(=O)C(C(C)C)C1=O. The van der Waals surface area contributed by atoms with Crippen molar-refractivity contribution in [1.29, 1.82) is 0 Å². The topological polar surface area (TPSA) is 66.5 Å². The van der Waals surface area contributed by atoms with E-state index in [-0.39, 0.29) is 12.0 Å². The van der Waals surface area contributed by atoms with E-state index in [0.717, 1.165) is 4.90 Å². The van der Waals surface area contributed by atoms with Gasteiger partial charge in [0.2, 0.25) is 11.8 Å². The second kappa shape index (κ2) is 5.12. The molecule has 0 aliphatic carbocycles. The van der Waals surface area contributed by atoms with Crippen LogP contribution in [-0.2, 0) is 9.59 Å². The van der Waals surface area contributed by atoms with Gasteiger partial charge in [-0.05, 0) is 19.3 Å². The van der Waals surface area contributed by atoms with Gasteiger partial charge in [-0.3, -0.25) is 19.8 Å². The van der Waals surface area contributed by atoms with Gasteiger partial charge in [-0.2, -0.15) is 0 Å². The Morgan fingerprint density at radius 1 is 1.35 bits per heavy atom. The minimum atomic E-state index is -0.778. The van der Waals surface area contributed by atoms with Crippen molar-refractivity contribution < 1.29 is 14.4 Å². The van der Waals surface area contributed by atoms with E-state index in [1.165, 1.54) is 0 Å². The summed E-state index contributed by atoms with van der Waals surface area (Å²) >= 11 is 0. The Labute approximate surface area is 101 Å². The summed E-state index contributed by atoms with van der Waals surface area (Å²) in [5.74, 6) is -1.82. The molecule has 17 heavy (non-hydrogen) atoms. The highest BCUT2D eigenvalue weighted by molar-refractivity contribution is 6.16. The van der Waals surface area contributed by atoms with Gasteiger partial charge in [0.05, 0.1) is 0 Å². The lowest BCUT2D eigenvalue weighted by Crippen LogP contribution is -2.61. The van der Waals surface area contributed by atoms with E-state index >= 15 is 0 Å². The number of carbonyl (C=O) groups is 3. The predicted octanol–water partition coefficient (Wildman–Crippen LogP) is 1.30. The second-order valence-electron chi connectivity index (χ2n) is 4.60. The van der Waals surface area contributed by atoms with Crippen LogP contribution in [0.3, 0.4) is 0 Å². The van der Waals surface area contributed by atoms with Crippen LogP contribution in [0.1, 0.15) is 27.2 Å².